The predicted octanol–water partition coefficient (Wildman–Crippen LogP) is 2.99. The van der Waals surface area contributed by atoms with E-state index < -0.39 is 0 Å². The quantitative estimate of drug-likeness (QED) is 0.209. The van der Waals surface area contributed by atoms with Crippen LogP contribution in [0.2, 0.25) is 0 Å². The molecule has 1 aromatic carbocycles. The molecule has 0 bridgehead atoms. The minimum atomic E-state index is 0. The Kier molecular flexibility index (Phi) is 15.5. The van der Waals surface area contributed by atoms with Crippen molar-refractivity contribution in [2.24, 2.45) is 4.99 Å². The normalized spacial score (nSPS) is 12.2. The van der Waals surface area contributed by atoms with E-state index in [9.17, 15) is 0 Å². The minimum absolute atomic E-state index is 0. The third-order valence-corrected chi connectivity index (χ3v) is 3.64. The summed E-state index contributed by atoms with van der Waals surface area (Å²) < 4.78 is 16.3. The maximum atomic E-state index is 5.96. The van der Waals surface area contributed by atoms with Gasteiger partial charge in [0.25, 0.3) is 0 Å². The maximum absolute atomic E-state index is 5.96. The van der Waals surface area contributed by atoms with Gasteiger partial charge < -0.3 is 24.8 Å². The van der Waals surface area contributed by atoms with Crippen molar-refractivity contribution in [2.75, 3.05) is 47.1 Å². The second-order valence-corrected chi connectivity index (χ2v) is 5.89. The molecule has 1 unspecified atom stereocenters. The number of halogens is 1. The third-order valence-electron chi connectivity index (χ3n) is 3.64. The fourth-order valence-electron chi connectivity index (χ4n) is 2.19. The predicted molar refractivity (Wildman–Crippen MR) is 118 cm³/mol. The number of para-hydroxylation sites is 1. The molecule has 0 aliphatic rings. The van der Waals surface area contributed by atoms with Gasteiger partial charge in [-0.05, 0) is 38.3 Å². The first-order chi connectivity index (χ1) is 12.2. The van der Waals surface area contributed by atoms with Crippen molar-refractivity contribution >= 4 is 29.9 Å². The number of ether oxygens (including phenoxy) is 3. The number of hydrogen-bond acceptors (Lipinski definition) is 4. The molecule has 0 aliphatic carbocycles. The second-order valence-electron chi connectivity index (χ2n) is 5.89. The van der Waals surface area contributed by atoms with Crippen LogP contribution < -0.4 is 15.4 Å². The van der Waals surface area contributed by atoms with Crippen molar-refractivity contribution in [3.8, 4) is 5.75 Å². The molecular formula is C19H34IN3O3. The topological polar surface area (TPSA) is 64.1 Å². The Morgan fingerprint density at radius 3 is 2.58 bits per heavy atom. The molecule has 0 fully saturated rings. The molecule has 0 radical (unpaired) electrons. The van der Waals surface area contributed by atoms with Crippen LogP contribution in [0.3, 0.4) is 0 Å². The zero-order valence-corrected chi connectivity index (χ0v) is 18.7. The maximum Gasteiger partial charge on any atom is 0.191 e. The Bertz CT molecular complexity index is 501. The Morgan fingerprint density at radius 2 is 1.88 bits per heavy atom. The van der Waals surface area contributed by atoms with Crippen molar-refractivity contribution in [1.82, 2.24) is 10.6 Å². The van der Waals surface area contributed by atoms with Crippen molar-refractivity contribution < 1.29 is 14.2 Å². The van der Waals surface area contributed by atoms with E-state index in [1.54, 1.807) is 14.2 Å². The molecule has 2 N–H and O–H groups in total. The number of hydrogen-bond donors (Lipinski definition) is 2. The van der Waals surface area contributed by atoms with Crippen molar-refractivity contribution in [3.05, 3.63) is 29.8 Å². The lowest BCUT2D eigenvalue weighted by Gasteiger charge is -2.18. The number of benzene rings is 1. The highest BCUT2D eigenvalue weighted by Crippen LogP contribution is 2.17. The van der Waals surface area contributed by atoms with Crippen LogP contribution in [-0.4, -0.2) is 59.1 Å². The lowest BCUT2D eigenvalue weighted by Crippen LogP contribution is -2.42. The summed E-state index contributed by atoms with van der Waals surface area (Å²) in [5.41, 5.74) is 1.14. The number of methoxy groups -OCH3 is 1. The first-order valence-corrected chi connectivity index (χ1v) is 8.90. The standard InChI is InChI=1S/C19H33N3O3.HI/c1-16-9-5-6-10-18(16)25-17(2)15-22-19(20-3)21-11-7-8-12-24-14-13-23-4;/h5-6,9-10,17H,7-8,11-15H2,1-4H3,(H2,20,21,22);1H. The van der Waals surface area contributed by atoms with E-state index in [0.717, 1.165) is 43.3 Å². The second kappa shape index (κ2) is 16.1. The highest BCUT2D eigenvalue weighted by Gasteiger charge is 2.07. The Balaban J connectivity index is 0.00000625. The Morgan fingerprint density at radius 1 is 1.12 bits per heavy atom. The van der Waals surface area contributed by atoms with E-state index in [1.807, 2.05) is 25.1 Å². The molecule has 1 aromatic rings. The molecule has 0 amide bonds. The van der Waals surface area contributed by atoms with Gasteiger partial charge in [-0.2, -0.15) is 0 Å². The van der Waals surface area contributed by atoms with Gasteiger partial charge in [-0.25, -0.2) is 0 Å². The summed E-state index contributed by atoms with van der Waals surface area (Å²) in [6.07, 6.45) is 2.09. The molecule has 0 saturated heterocycles. The smallest absolute Gasteiger partial charge is 0.191 e. The summed E-state index contributed by atoms with van der Waals surface area (Å²) in [6.45, 7) is 7.72. The van der Waals surface area contributed by atoms with E-state index in [1.165, 1.54) is 0 Å². The van der Waals surface area contributed by atoms with E-state index in [0.29, 0.717) is 19.8 Å². The summed E-state index contributed by atoms with van der Waals surface area (Å²) in [5.74, 6) is 1.72. The lowest BCUT2D eigenvalue weighted by atomic mass is 10.2. The van der Waals surface area contributed by atoms with Gasteiger partial charge in [-0.1, -0.05) is 18.2 Å². The number of rotatable bonds is 12. The first kappa shape index (κ1) is 24.9. The van der Waals surface area contributed by atoms with E-state index >= 15 is 0 Å². The minimum Gasteiger partial charge on any atom is -0.489 e. The van der Waals surface area contributed by atoms with Crippen LogP contribution in [0, 0.1) is 6.92 Å². The molecule has 0 aromatic heterocycles. The summed E-state index contributed by atoms with van der Waals surface area (Å²) in [6, 6.07) is 8.05. The lowest BCUT2D eigenvalue weighted by molar-refractivity contribution is 0.0689. The summed E-state index contributed by atoms with van der Waals surface area (Å²) in [5, 5.41) is 6.60. The number of aliphatic imine (C=N–C) groups is 1. The van der Waals surface area contributed by atoms with Crippen LogP contribution >= 0.6 is 24.0 Å². The molecule has 6 nitrogen and oxygen atoms in total. The van der Waals surface area contributed by atoms with Gasteiger partial charge in [0, 0.05) is 27.3 Å². The van der Waals surface area contributed by atoms with Crippen LogP contribution in [0.4, 0.5) is 0 Å². The zero-order chi connectivity index (χ0) is 18.3. The average molecular weight is 479 g/mol. The summed E-state index contributed by atoms with van der Waals surface area (Å²) >= 11 is 0. The summed E-state index contributed by atoms with van der Waals surface area (Å²) in [7, 11) is 3.45. The fourth-order valence-corrected chi connectivity index (χ4v) is 2.19. The number of guanidine groups is 1. The Labute approximate surface area is 175 Å². The molecule has 0 heterocycles. The van der Waals surface area contributed by atoms with Crippen molar-refractivity contribution in [2.45, 2.75) is 32.8 Å². The molecular weight excluding hydrogens is 445 g/mol. The van der Waals surface area contributed by atoms with Crippen molar-refractivity contribution in [1.29, 1.82) is 0 Å². The molecule has 1 atom stereocenters. The van der Waals surface area contributed by atoms with Gasteiger partial charge in [-0.3, -0.25) is 4.99 Å². The van der Waals surface area contributed by atoms with Crippen LogP contribution in [0.25, 0.3) is 0 Å². The largest absolute Gasteiger partial charge is 0.489 e. The Hall–Kier alpha value is -1.06. The highest BCUT2D eigenvalue weighted by atomic mass is 127. The molecule has 7 heteroatoms. The fraction of sp³-hybridized carbons (Fsp3) is 0.632. The molecule has 0 spiro atoms. The van der Waals surface area contributed by atoms with Crippen LogP contribution in [0.5, 0.6) is 5.75 Å². The number of unbranched alkanes of at least 4 members (excludes halogenated alkanes) is 1. The van der Waals surface area contributed by atoms with Crippen LogP contribution in [0.15, 0.2) is 29.3 Å². The van der Waals surface area contributed by atoms with Gasteiger partial charge in [-0.15, -0.1) is 24.0 Å². The zero-order valence-electron chi connectivity index (χ0n) is 16.4. The van der Waals surface area contributed by atoms with E-state index in [-0.39, 0.29) is 30.1 Å². The molecule has 26 heavy (non-hydrogen) atoms. The number of nitrogens with zero attached hydrogens (tertiary/aromatic N) is 1. The molecule has 150 valence electrons. The van der Waals surface area contributed by atoms with Crippen LogP contribution in [0.1, 0.15) is 25.3 Å². The third kappa shape index (κ3) is 11.5. The monoisotopic (exact) mass is 479 g/mol. The molecule has 0 saturated carbocycles. The summed E-state index contributed by atoms with van der Waals surface area (Å²) in [4.78, 5) is 4.23. The highest BCUT2D eigenvalue weighted by molar-refractivity contribution is 14.0. The first-order valence-electron chi connectivity index (χ1n) is 8.90. The van der Waals surface area contributed by atoms with E-state index in [2.05, 4.69) is 28.6 Å². The van der Waals surface area contributed by atoms with Gasteiger partial charge >= 0.3 is 0 Å². The van der Waals surface area contributed by atoms with Gasteiger partial charge in [0.1, 0.15) is 11.9 Å². The SMILES string of the molecule is CN=C(NCCCCOCCOC)NCC(C)Oc1ccccc1C.I. The number of nitrogens with one attached hydrogen (secondary N) is 2. The molecule has 1 rings (SSSR count). The van der Waals surface area contributed by atoms with Gasteiger partial charge in [0.2, 0.25) is 0 Å². The number of aryl methyl sites for hydroxylation is 1. The van der Waals surface area contributed by atoms with Crippen molar-refractivity contribution in [3.63, 3.8) is 0 Å². The molecule has 0 aliphatic heterocycles. The van der Waals surface area contributed by atoms with Gasteiger partial charge in [0.15, 0.2) is 5.96 Å². The van der Waals surface area contributed by atoms with Crippen LogP contribution in [-0.2, 0) is 9.47 Å². The van der Waals surface area contributed by atoms with Gasteiger partial charge in [0.05, 0.1) is 19.8 Å². The van der Waals surface area contributed by atoms with E-state index in [4.69, 9.17) is 14.2 Å². The average Bonchev–Trinajstić information content (AvgIpc) is 2.62.